The van der Waals surface area contributed by atoms with Gasteiger partial charge in [0, 0.05) is 30.4 Å². The highest BCUT2D eigenvalue weighted by atomic mass is 19.1. The van der Waals surface area contributed by atoms with Crippen molar-refractivity contribution < 1.29 is 9.13 Å². The van der Waals surface area contributed by atoms with E-state index in [2.05, 4.69) is 42.1 Å². The molecule has 0 spiro atoms. The fourth-order valence-electron chi connectivity index (χ4n) is 6.09. The quantitative estimate of drug-likeness (QED) is 0.353. The highest BCUT2D eigenvalue weighted by Crippen LogP contribution is 2.48. The second-order valence-corrected chi connectivity index (χ2v) is 11.4. The van der Waals surface area contributed by atoms with Gasteiger partial charge < -0.3 is 15.4 Å². The van der Waals surface area contributed by atoms with Gasteiger partial charge in [-0.1, -0.05) is 45.0 Å². The summed E-state index contributed by atoms with van der Waals surface area (Å²) in [5.74, 6) is 3.98. The van der Waals surface area contributed by atoms with Crippen molar-refractivity contribution in [2.75, 3.05) is 25.4 Å². The van der Waals surface area contributed by atoms with Crippen molar-refractivity contribution in [3.05, 3.63) is 70.8 Å². The van der Waals surface area contributed by atoms with Gasteiger partial charge in [0.25, 0.3) is 0 Å². The maximum Gasteiger partial charge on any atom is 0.129 e. The molecular weight excluding hydrogens is 487 g/mol. The van der Waals surface area contributed by atoms with Crippen LogP contribution in [0.4, 0.5) is 10.2 Å². The fourth-order valence-corrected chi connectivity index (χ4v) is 6.09. The van der Waals surface area contributed by atoms with E-state index in [9.17, 15) is 4.39 Å². The van der Waals surface area contributed by atoms with Crippen molar-refractivity contribution in [2.45, 2.75) is 65.9 Å². The lowest BCUT2D eigenvalue weighted by atomic mass is 9.91. The van der Waals surface area contributed by atoms with Gasteiger partial charge in [0.15, 0.2) is 0 Å². The van der Waals surface area contributed by atoms with Gasteiger partial charge >= 0.3 is 0 Å². The molecule has 2 aromatic rings. The van der Waals surface area contributed by atoms with Crippen molar-refractivity contribution in [2.24, 2.45) is 28.7 Å². The van der Waals surface area contributed by atoms with Crippen LogP contribution < -0.4 is 5.73 Å². The third-order valence-electron chi connectivity index (χ3n) is 8.81. The fraction of sp³-hybridized carbons (Fsp3) is 0.515. The van der Waals surface area contributed by atoms with E-state index in [4.69, 9.17) is 15.5 Å². The minimum absolute atomic E-state index is 0.255. The number of nitrogen functional groups attached to an aromatic ring is 1. The van der Waals surface area contributed by atoms with Crippen LogP contribution in [0.3, 0.4) is 0 Å². The van der Waals surface area contributed by atoms with Crippen LogP contribution in [0.2, 0.25) is 0 Å². The molecule has 1 aromatic heterocycles. The molecule has 208 valence electrons. The highest BCUT2D eigenvalue weighted by molar-refractivity contribution is 5.79. The maximum absolute atomic E-state index is 14.8. The van der Waals surface area contributed by atoms with E-state index in [0.717, 1.165) is 61.1 Å². The Labute approximate surface area is 233 Å². The Hall–Kier alpha value is -2.99. The first kappa shape index (κ1) is 27.6. The zero-order valence-electron chi connectivity index (χ0n) is 23.7. The molecule has 39 heavy (non-hydrogen) atoms. The minimum atomic E-state index is -0.255. The molecule has 5 rings (SSSR count). The van der Waals surface area contributed by atoms with Crippen LogP contribution in [0, 0.1) is 29.5 Å². The number of anilines is 1. The van der Waals surface area contributed by atoms with Crippen LogP contribution >= 0.6 is 0 Å². The predicted molar refractivity (Wildman–Crippen MR) is 158 cm³/mol. The number of nitrogens with zero attached hydrogens (tertiary/aromatic N) is 3. The molecule has 1 aromatic carbocycles. The first-order valence-electron chi connectivity index (χ1n) is 14.8. The molecule has 2 aliphatic heterocycles. The van der Waals surface area contributed by atoms with Crippen molar-refractivity contribution in [3.63, 3.8) is 0 Å². The molecular formula is C33H43FN4O. The lowest BCUT2D eigenvalue weighted by molar-refractivity contribution is 0.0993. The normalized spacial score (nSPS) is 23.4. The van der Waals surface area contributed by atoms with E-state index < -0.39 is 0 Å². The van der Waals surface area contributed by atoms with Crippen molar-refractivity contribution in [3.8, 4) is 11.3 Å². The number of likely N-dealkylation sites (tertiary alicyclic amines) is 1. The highest BCUT2D eigenvalue weighted by Gasteiger charge is 2.43. The molecule has 3 unspecified atom stereocenters. The molecule has 3 heterocycles. The molecule has 1 saturated carbocycles. The summed E-state index contributed by atoms with van der Waals surface area (Å²) >= 11 is 0. The molecule has 0 bridgehead atoms. The standard InChI is InChI=1S/C33H43FN4O/c1-4-22-15-23(5-2)19-36-32(16-22)38-13-11-25(12-14-38)29-17-28(29)21-39-20-27-8-7-26(18-30(27)34)31-10-9-24(6-3)33(35)37-31/h7-10,15-16,18-19,22,25,28-29H,4-6,11-14,17,20-21H2,1-3H3,(H2,35,37). The Morgan fingerprint density at radius 2 is 1.82 bits per heavy atom. The van der Waals surface area contributed by atoms with E-state index in [0.29, 0.717) is 42.1 Å². The second-order valence-electron chi connectivity index (χ2n) is 11.4. The monoisotopic (exact) mass is 530 g/mol. The summed E-state index contributed by atoms with van der Waals surface area (Å²) in [6.07, 6.45) is 13.4. The number of benzene rings is 1. The summed E-state index contributed by atoms with van der Waals surface area (Å²) in [7, 11) is 0. The van der Waals surface area contributed by atoms with Crippen LogP contribution in [0.25, 0.3) is 11.3 Å². The summed E-state index contributed by atoms with van der Waals surface area (Å²) < 4.78 is 20.8. The van der Waals surface area contributed by atoms with E-state index in [1.807, 2.05) is 31.2 Å². The summed E-state index contributed by atoms with van der Waals surface area (Å²) in [5, 5.41) is 0. The number of rotatable bonds is 10. The number of hydrogen-bond acceptors (Lipinski definition) is 5. The van der Waals surface area contributed by atoms with Gasteiger partial charge in [0.1, 0.15) is 17.5 Å². The lowest BCUT2D eigenvalue weighted by Gasteiger charge is -2.34. The zero-order valence-corrected chi connectivity index (χ0v) is 23.7. The number of nitrogens with two attached hydrogens (primary N) is 1. The molecule has 0 radical (unpaired) electrons. The van der Waals surface area contributed by atoms with Crippen molar-refractivity contribution >= 4 is 12.0 Å². The largest absolute Gasteiger partial charge is 0.383 e. The Balaban J connectivity index is 1.07. The van der Waals surface area contributed by atoms with Crippen LogP contribution in [-0.4, -0.2) is 35.8 Å². The molecule has 2 N–H and O–H groups in total. The van der Waals surface area contributed by atoms with Gasteiger partial charge in [-0.15, -0.1) is 0 Å². The number of hydrogen-bond donors (Lipinski definition) is 1. The summed E-state index contributed by atoms with van der Waals surface area (Å²) in [6.45, 7) is 9.66. The Morgan fingerprint density at radius 1 is 1.03 bits per heavy atom. The van der Waals surface area contributed by atoms with E-state index in [1.165, 1.54) is 30.9 Å². The second kappa shape index (κ2) is 12.5. The number of aryl methyl sites for hydroxylation is 1. The average Bonchev–Trinajstić information content (AvgIpc) is 3.76. The Morgan fingerprint density at radius 3 is 2.51 bits per heavy atom. The predicted octanol–water partition coefficient (Wildman–Crippen LogP) is 7.19. The van der Waals surface area contributed by atoms with E-state index in [1.54, 1.807) is 0 Å². The van der Waals surface area contributed by atoms with E-state index in [-0.39, 0.29) is 5.82 Å². The number of pyridine rings is 1. The zero-order chi connectivity index (χ0) is 27.4. The van der Waals surface area contributed by atoms with Gasteiger partial charge in [-0.3, -0.25) is 0 Å². The van der Waals surface area contributed by atoms with Crippen molar-refractivity contribution in [1.82, 2.24) is 9.88 Å². The van der Waals surface area contributed by atoms with Gasteiger partial charge in [-0.05, 0) is 91.5 Å². The summed E-state index contributed by atoms with van der Waals surface area (Å²) in [5.41, 5.74) is 10.4. The molecule has 3 aliphatic rings. The topological polar surface area (TPSA) is 63.7 Å². The molecule has 2 fully saturated rings. The van der Waals surface area contributed by atoms with Gasteiger partial charge in [0.05, 0.1) is 18.9 Å². The van der Waals surface area contributed by atoms with Crippen LogP contribution in [0.15, 0.2) is 58.9 Å². The van der Waals surface area contributed by atoms with Gasteiger partial charge in [-0.25, -0.2) is 14.4 Å². The van der Waals surface area contributed by atoms with Crippen LogP contribution in [-0.2, 0) is 17.8 Å². The summed E-state index contributed by atoms with van der Waals surface area (Å²) in [4.78, 5) is 11.8. The number of halogens is 1. The Bertz CT molecular complexity index is 1240. The molecule has 1 saturated heterocycles. The lowest BCUT2D eigenvalue weighted by Crippen LogP contribution is -2.33. The minimum Gasteiger partial charge on any atom is -0.383 e. The molecule has 6 heteroatoms. The first-order chi connectivity index (χ1) is 19.0. The molecule has 3 atom stereocenters. The van der Waals surface area contributed by atoms with Crippen LogP contribution in [0.1, 0.15) is 64.0 Å². The smallest absolute Gasteiger partial charge is 0.129 e. The number of aliphatic imine (C=N–C) groups is 1. The van der Waals surface area contributed by atoms with E-state index >= 15 is 0 Å². The Kier molecular flexibility index (Phi) is 8.81. The third kappa shape index (κ3) is 6.60. The molecule has 1 aliphatic carbocycles. The number of ether oxygens (including phenoxy) is 1. The van der Waals surface area contributed by atoms with Gasteiger partial charge in [-0.2, -0.15) is 0 Å². The molecule has 0 amide bonds. The number of piperidine rings is 1. The average molecular weight is 531 g/mol. The van der Waals surface area contributed by atoms with Crippen molar-refractivity contribution in [1.29, 1.82) is 0 Å². The van der Waals surface area contributed by atoms with Gasteiger partial charge in [0.2, 0.25) is 0 Å². The number of allylic oxidation sites excluding steroid dienone is 3. The third-order valence-corrected chi connectivity index (χ3v) is 8.81. The first-order valence-corrected chi connectivity index (χ1v) is 14.8. The summed E-state index contributed by atoms with van der Waals surface area (Å²) in [6, 6.07) is 9.11. The van der Waals surface area contributed by atoms with Crippen LogP contribution in [0.5, 0.6) is 0 Å². The number of aromatic nitrogens is 1. The maximum atomic E-state index is 14.8. The molecule has 5 nitrogen and oxygen atoms in total. The SMILES string of the molecule is CCC1=CC(CC)C=C(N2CCC(C3CC3COCc3ccc(-c4ccc(CC)c(N)n4)cc3F)CC2)N=C1.